The van der Waals surface area contributed by atoms with Crippen LogP contribution in [0.4, 0.5) is 10.1 Å². The molecule has 3 heterocycles. The topological polar surface area (TPSA) is 111 Å². The Bertz CT molecular complexity index is 1730. The fraction of sp³-hybridized carbons (Fsp3) is 0.595. The van der Waals surface area contributed by atoms with Gasteiger partial charge in [0.25, 0.3) is 5.91 Å². The van der Waals surface area contributed by atoms with E-state index in [1.165, 1.54) is 24.1 Å². The number of amides is 1. The van der Waals surface area contributed by atoms with Gasteiger partial charge < -0.3 is 24.3 Å². The second-order valence-corrected chi connectivity index (χ2v) is 18.3. The van der Waals surface area contributed by atoms with E-state index >= 15 is 4.39 Å². The number of nitrogens with zero attached hydrogens (tertiary/aromatic N) is 1. The second-order valence-electron chi connectivity index (χ2n) is 15.8. The van der Waals surface area contributed by atoms with Crippen molar-refractivity contribution < 1.29 is 37.0 Å². The van der Waals surface area contributed by atoms with Crippen molar-refractivity contribution in [2.24, 2.45) is 5.92 Å². The minimum absolute atomic E-state index is 0.118. The molecule has 4 aliphatic rings. The summed E-state index contributed by atoms with van der Waals surface area (Å²) < 4.78 is 62.4. The molecule has 1 spiro atoms. The fourth-order valence-corrected chi connectivity index (χ4v) is 9.16. The van der Waals surface area contributed by atoms with E-state index in [1.54, 1.807) is 25.1 Å². The summed E-state index contributed by atoms with van der Waals surface area (Å²) in [5.41, 5.74) is 1.31. The van der Waals surface area contributed by atoms with Gasteiger partial charge in [0.15, 0.2) is 0 Å². The van der Waals surface area contributed by atoms with Crippen LogP contribution in [0, 0.1) is 5.92 Å². The zero-order valence-electron chi connectivity index (χ0n) is 30.1. The Morgan fingerprint density at radius 2 is 1.88 bits per heavy atom. The third kappa shape index (κ3) is 7.47. The zero-order chi connectivity index (χ0) is 36.1. The molecule has 2 saturated heterocycles. The Labute approximate surface area is 301 Å². The predicted octanol–water partition coefficient (Wildman–Crippen LogP) is 5.50. The van der Waals surface area contributed by atoms with Crippen molar-refractivity contribution in [1.82, 2.24) is 4.72 Å². The summed E-state index contributed by atoms with van der Waals surface area (Å²) in [6.45, 7) is 13.7. The van der Waals surface area contributed by atoms with Crippen molar-refractivity contribution in [3.8, 4) is 5.75 Å². The van der Waals surface area contributed by atoms with Crippen molar-refractivity contribution >= 4 is 40.3 Å². The third-order valence-corrected chi connectivity index (χ3v) is 13.9. The van der Waals surface area contributed by atoms with E-state index in [0.29, 0.717) is 24.9 Å². The number of nitrogens with two attached hydrogens (primary N) is 1. The van der Waals surface area contributed by atoms with E-state index in [-0.39, 0.29) is 17.4 Å². The molecule has 2 aromatic carbocycles. The molecule has 1 unspecified atom stereocenters. The highest BCUT2D eigenvalue weighted by Crippen LogP contribution is 2.45. The first-order chi connectivity index (χ1) is 23.5. The SMILES string of the molecule is C[C@H]([C@@H](C)C/C=C(\F)B1OC(C)(C)C(C)(C)O1)S(=O)(=O)NC(=O)c1ccc2c(c1)N(CC1CCC[NH2+]1)C[C@@]1(CCCc3cc(Cl)ccc31)CO2. The lowest BCUT2D eigenvalue weighted by Crippen LogP contribution is -2.88. The molecule has 0 radical (unpaired) electrons. The van der Waals surface area contributed by atoms with Crippen LogP contribution < -0.4 is 19.7 Å². The lowest BCUT2D eigenvalue weighted by atomic mass is 9.70. The molecule has 3 aliphatic heterocycles. The van der Waals surface area contributed by atoms with Crippen LogP contribution in [-0.2, 0) is 31.2 Å². The number of carbonyl (C=O) groups is 1. The molecular weight excluding hydrogens is 680 g/mol. The first-order valence-corrected chi connectivity index (χ1v) is 19.8. The van der Waals surface area contributed by atoms with E-state index in [4.69, 9.17) is 25.6 Å². The predicted molar refractivity (Wildman–Crippen MR) is 195 cm³/mol. The number of nitrogens with one attached hydrogen (secondary N) is 1. The molecule has 3 N–H and O–H groups in total. The molecule has 50 heavy (non-hydrogen) atoms. The summed E-state index contributed by atoms with van der Waals surface area (Å²) in [7, 11) is -5.25. The van der Waals surface area contributed by atoms with Crippen molar-refractivity contribution in [3.05, 3.63) is 69.9 Å². The number of aryl methyl sites for hydroxylation is 1. The highest BCUT2D eigenvalue weighted by molar-refractivity contribution is 7.90. The van der Waals surface area contributed by atoms with E-state index < -0.39 is 51.1 Å². The second kappa shape index (κ2) is 14.1. The van der Waals surface area contributed by atoms with Crippen LogP contribution in [0.2, 0.25) is 5.02 Å². The number of ether oxygens (including phenoxy) is 1. The highest BCUT2D eigenvalue weighted by atomic mass is 35.5. The molecule has 13 heteroatoms. The molecule has 0 saturated carbocycles. The minimum Gasteiger partial charge on any atom is -0.490 e. The smallest absolute Gasteiger partial charge is 0.490 e. The number of quaternary nitrogens is 1. The number of hydrogen-bond donors (Lipinski definition) is 2. The van der Waals surface area contributed by atoms with Gasteiger partial charge in [-0.3, -0.25) is 4.79 Å². The van der Waals surface area contributed by atoms with Crippen LogP contribution in [0.5, 0.6) is 5.75 Å². The van der Waals surface area contributed by atoms with Gasteiger partial charge in [0, 0.05) is 35.4 Å². The van der Waals surface area contributed by atoms with Crippen molar-refractivity contribution in [1.29, 1.82) is 0 Å². The average molecular weight is 731 g/mol. The average Bonchev–Trinajstić information content (AvgIpc) is 3.61. The molecule has 2 fully saturated rings. The molecule has 4 atom stereocenters. The Kier molecular flexibility index (Phi) is 10.4. The van der Waals surface area contributed by atoms with E-state index in [0.717, 1.165) is 55.9 Å². The number of halogens is 2. The summed E-state index contributed by atoms with van der Waals surface area (Å²) in [6, 6.07) is 11.7. The Morgan fingerprint density at radius 3 is 2.58 bits per heavy atom. The Morgan fingerprint density at radius 1 is 1.14 bits per heavy atom. The first-order valence-electron chi connectivity index (χ1n) is 17.9. The van der Waals surface area contributed by atoms with E-state index in [2.05, 4.69) is 27.1 Å². The van der Waals surface area contributed by atoms with Crippen LogP contribution >= 0.6 is 11.6 Å². The van der Waals surface area contributed by atoms with E-state index in [9.17, 15) is 13.2 Å². The maximum absolute atomic E-state index is 15.0. The van der Waals surface area contributed by atoms with Crippen LogP contribution in [0.1, 0.15) is 95.1 Å². The number of fused-ring (bicyclic) bond motifs is 3. The summed E-state index contributed by atoms with van der Waals surface area (Å²) in [5.74, 6) is -0.538. The van der Waals surface area contributed by atoms with Gasteiger partial charge in [-0.15, -0.1) is 0 Å². The van der Waals surface area contributed by atoms with Gasteiger partial charge in [0.1, 0.15) is 17.5 Å². The zero-order valence-corrected chi connectivity index (χ0v) is 31.6. The lowest BCUT2D eigenvalue weighted by molar-refractivity contribution is -0.667. The van der Waals surface area contributed by atoms with Crippen LogP contribution in [0.15, 0.2) is 48.2 Å². The Hall–Kier alpha value is -2.64. The number of allylic oxidation sites excluding steroid dienone is 1. The maximum atomic E-state index is 15.0. The number of benzene rings is 2. The van der Waals surface area contributed by atoms with Gasteiger partial charge in [0.05, 0.1) is 41.8 Å². The third-order valence-electron chi connectivity index (χ3n) is 11.7. The maximum Gasteiger partial charge on any atom is 0.524 e. The van der Waals surface area contributed by atoms with Gasteiger partial charge in [-0.1, -0.05) is 30.7 Å². The van der Waals surface area contributed by atoms with Gasteiger partial charge >= 0.3 is 7.12 Å². The molecule has 0 aromatic heterocycles. The van der Waals surface area contributed by atoms with Gasteiger partial charge in [-0.2, -0.15) is 0 Å². The number of rotatable bonds is 9. The molecule has 9 nitrogen and oxygen atoms in total. The standard InChI is InChI=1S/C37H50BClFN3O6S/c1-24(11-16-33(40)38-48-35(3,4)36(5,6)49-38)25(2)50(45,46)42-34(44)27-12-15-32-31(20-27)43(21-29-10-8-18-41-29)22-37(23-47-32)17-7-9-26-19-28(39)13-14-30(26)37/h12-16,19-20,24-25,29,41H,7-11,17-18,21-23H2,1-6H3,(H,42,44)/p+1/b33-16-/t24-,25+,29?,37-/m0/s1. The van der Waals surface area contributed by atoms with Crippen molar-refractivity contribution in [2.45, 2.75) is 108 Å². The summed E-state index contributed by atoms with van der Waals surface area (Å²) in [6.07, 6.45) is 6.67. The largest absolute Gasteiger partial charge is 0.524 e. The number of sulfonamides is 1. The number of anilines is 1. The lowest BCUT2D eigenvalue weighted by Gasteiger charge is -2.41. The summed E-state index contributed by atoms with van der Waals surface area (Å²) in [5, 5.41) is 2.14. The first kappa shape index (κ1) is 37.1. The van der Waals surface area contributed by atoms with Crippen LogP contribution in [-0.4, -0.2) is 70.2 Å². The van der Waals surface area contributed by atoms with E-state index in [1.807, 2.05) is 33.8 Å². The monoisotopic (exact) mass is 730 g/mol. The van der Waals surface area contributed by atoms with Crippen molar-refractivity contribution in [2.75, 3.05) is 31.1 Å². The molecule has 1 amide bonds. The quantitative estimate of drug-likeness (QED) is 0.328. The van der Waals surface area contributed by atoms with Gasteiger partial charge in [-0.05, 0) is 108 Å². The molecule has 2 aromatic rings. The minimum atomic E-state index is -4.11. The van der Waals surface area contributed by atoms with Crippen LogP contribution in [0.25, 0.3) is 0 Å². The normalized spacial score (nSPS) is 25.8. The molecule has 272 valence electrons. The molecule has 0 bridgehead atoms. The molecule has 6 rings (SSSR count). The fourth-order valence-electron chi connectivity index (χ4n) is 7.68. The Balaban J connectivity index is 1.19. The molecule has 1 aliphatic carbocycles. The highest BCUT2D eigenvalue weighted by Gasteiger charge is 2.53. The van der Waals surface area contributed by atoms with Crippen molar-refractivity contribution in [3.63, 3.8) is 0 Å². The number of hydrogen-bond acceptors (Lipinski definition) is 7. The summed E-state index contributed by atoms with van der Waals surface area (Å²) >= 11 is 6.40. The summed E-state index contributed by atoms with van der Waals surface area (Å²) in [4.78, 5) is 15.9. The number of carbonyl (C=O) groups excluding carboxylic acids is 1. The van der Waals surface area contributed by atoms with Crippen LogP contribution in [0.3, 0.4) is 0 Å². The van der Waals surface area contributed by atoms with Gasteiger partial charge in [-0.25, -0.2) is 17.5 Å². The van der Waals surface area contributed by atoms with Gasteiger partial charge in [0.2, 0.25) is 10.0 Å². The molecular formula is C37H51BClFN3O6S+.